The van der Waals surface area contributed by atoms with Crippen molar-refractivity contribution in [2.24, 2.45) is 29.4 Å². The second-order valence-corrected chi connectivity index (χ2v) is 10.7. The van der Waals surface area contributed by atoms with Crippen LogP contribution in [0.15, 0.2) is 28.7 Å². The van der Waals surface area contributed by atoms with Crippen LogP contribution >= 0.6 is 0 Å². The molecule has 1 aromatic rings. The Morgan fingerprint density at radius 3 is 2.39 bits per heavy atom. The number of Topliss-reactive ketones (excluding diaryl/α,β-unsaturated/α-hetero) is 2. The van der Waals surface area contributed by atoms with Crippen LogP contribution in [0, 0.1) is 29.5 Å². The lowest BCUT2D eigenvalue weighted by molar-refractivity contribution is -0.149. The van der Waals surface area contributed by atoms with Crippen LogP contribution in [0.4, 0.5) is 23.2 Å². The molecule has 0 saturated carbocycles. The number of hydrogen-bond acceptors (Lipinski definition) is 9. The second kappa shape index (κ2) is 10.1. The summed E-state index contributed by atoms with van der Waals surface area (Å²) in [6.45, 7) is 0.887. The monoisotopic (exact) mass is 585 g/mol. The molecule has 3 aliphatic carbocycles. The molecule has 41 heavy (non-hydrogen) atoms. The van der Waals surface area contributed by atoms with E-state index in [-0.39, 0.29) is 18.4 Å². The van der Waals surface area contributed by atoms with E-state index in [4.69, 9.17) is 5.73 Å². The molecule has 0 unspecified atom stereocenters. The van der Waals surface area contributed by atoms with Crippen molar-refractivity contribution in [3.63, 3.8) is 0 Å². The van der Waals surface area contributed by atoms with Crippen molar-refractivity contribution >= 4 is 29.1 Å². The first-order chi connectivity index (χ1) is 18.9. The highest BCUT2D eigenvalue weighted by atomic mass is 19.4. The zero-order valence-electron chi connectivity index (χ0n) is 21.7. The Kier molecular flexibility index (Phi) is 7.41. The molecule has 0 heterocycles. The van der Waals surface area contributed by atoms with Crippen LogP contribution in [-0.4, -0.2) is 68.7 Å². The number of anilines is 1. The predicted octanol–water partition coefficient (Wildman–Crippen LogP) is 1.69. The first-order valence-electron chi connectivity index (χ1n) is 12.5. The van der Waals surface area contributed by atoms with Crippen molar-refractivity contribution in [1.82, 2.24) is 5.32 Å². The summed E-state index contributed by atoms with van der Waals surface area (Å²) in [6.07, 6.45) is -5.13. The number of hydrogen-bond donors (Lipinski definition) is 7. The van der Waals surface area contributed by atoms with Crippen LogP contribution in [0.2, 0.25) is 0 Å². The maximum Gasteiger partial charge on any atom is 0.401 e. The van der Waals surface area contributed by atoms with E-state index in [0.717, 1.165) is 0 Å². The third kappa shape index (κ3) is 4.82. The maximum atomic E-state index is 15.2. The van der Waals surface area contributed by atoms with Crippen molar-refractivity contribution in [1.29, 1.82) is 0 Å². The van der Waals surface area contributed by atoms with E-state index in [2.05, 4.69) is 0 Å². The summed E-state index contributed by atoms with van der Waals surface area (Å²) >= 11 is 0. The molecule has 0 aliphatic heterocycles. The van der Waals surface area contributed by atoms with Gasteiger partial charge in [-0.1, -0.05) is 13.8 Å². The zero-order chi connectivity index (χ0) is 30.8. The maximum absolute atomic E-state index is 15.2. The number of nitrogens with two attached hydrogens (primary N) is 1. The van der Waals surface area contributed by atoms with Gasteiger partial charge in [0.05, 0.1) is 24.3 Å². The van der Waals surface area contributed by atoms with E-state index in [1.54, 1.807) is 13.8 Å². The van der Waals surface area contributed by atoms with Gasteiger partial charge in [0, 0.05) is 29.0 Å². The molecule has 0 bridgehead atoms. The average molecular weight is 586 g/mol. The number of halogens is 4. The minimum absolute atomic E-state index is 0.213. The van der Waals surface area contributed by atoms with Gasteiger partial charge in [-0.25, -0.2) is 4.39 Å². The highest BCUT2D eigenvalue weighted by Crippen LogP contribution is 2.55. The number of fused-ring (bicyclic) bond motifs is 3. The average Bonchev–Trinajstić information content (AvgIpc) is 2.83. The van der Waals surface area contributed by atoms with E-state index in [1.165, 1.54) is 0 Å². The third-order valence-electron chi connectivity index (χ3n) is 7.80. The minimum Gasteiger partial charge on any atom is -0.511 e. The van der Waals surface area contributed by atoms with Crippen molar-refractivity contribution in [2.45, 2.75) is 38.5 Å². The molecule has 11 nitrogen and oxygen atoms in total. The second-order valence-electron chi connectivity index (χ2n) is 10.7. The van der Waals surface area contributed by atoms with Crippen LogP contribution in [0.1, 0.15) is 36.2 Å². The number of phenolic OH excluding ortho intramolecular Hbond substituents is 1. The van der Waals surface area contributed by atoms with E-state index < -0.39 is 117 Å². The van der Waals surface area contributed by atoms with E-state index in [1.807, 2.05) is 10.6 Å². The zero-order valence-corrected chi connectivity index (χ0v) is 21.7. The minimum atomic E-state index is -4.61. The van der Waals surface area contributed by atoms with Gasteiger partial charge in [0.2, 0.25) is 11.7 Å². The standard InChI is InChI=1S/C26H27F4N3O8/c1-8(2)15-11-4-9-3-10-12(27)5-13(33-14(34)6-32-7-25(28,29)30)19(35)17(10)21(37)16(9)22(38)26(11,41)23(39)18(20(15)36)24(31)40/h5,8-9,11,15,32,35-36,38,41H,3-4,6-7H2,1-2H3,(H2,31,40)(H,33,34)/t9-,11-,15-,26-/m0/s1. The Hall–Kier alpha value is -3.98. The van der Waals surface area contributed by atoms with Crippen LogP contribution in [0.25, 0.3) is 0 Å². The fraction of sp³-hybridized carbons (Fsp3) is 0.462. The number of alkyl halides is 3. The summed E-state index contributed by atoms with van der Waals surface area (Å²) in [7, 11) is 0. The quantitative estimate of drug-likeness (QED) is 0.147. The molecule has 4 atom stereocenters. The predicted molar refractivity (Wildman–Crippen MR) is 132 cm³/mol. The summed E-state index contributed by atoms with van der Waals surface area (Å²) in [6, 6.07) is 0.686. The number of rotatable bonds is 6. The summed E-state index contributed by atoms with van der Waals surface area (Å²) in [5.74, 6) is -12.6. The van der Waals surface area contributed by atoms with Gasteiger partial charge < -0.3 is 36.8 Å². The van der Waals surface area contributed by atoms with Crippen LogP contribution < -0.4 is 16.4 Å². The number of carbonyl (C=O) groups is 4. The number of aliphatic hydroxyl groups excluding tert-OH is 2. The van der Waals surface area contributed by atoms with Gasteiger partial charge >= 0.3 is 6.18 Å². The van der Waals surface area contributed by atoms with E-state index in [0.29, 0.717) is 6.07 Å². The fourth-order valence-corrected chi connectivity index (χ4v) is 6.12. The molecule has 8 N–H and O–H groups in total. The lowest BCUT2D eigenvalue weighted by Crippen LogP contribution is -2.60. The number of aromatic hydroxyl groups is 1. The highest BCUT2D eigenvalue weighted by Gasteiger charge is 2.63. The highest BCUT2D eigenvalue weighted by molar-refractivity contribution is 6.24. The van der Waals surface area contributed by atoms with Crippen LogP contribution in [-0.2, 0) is 20.8 Å². The number of aliphatic hydroxyl groups is 3. The van der Waals surface area contributed by atoms with E-state index in [9.17, 15) is 52.8 Å². The normalized spacial score (nSPS) is 26.1. The van der Waals surface area contributed by atoms with Crippen LogP contribution in [0.3, 0.4) is 0 Å². The van der Waals surface area contributed by atoms with Gasteiger partial charge in [0.15, 0.2) is 17.1 Å². The molecular formula is C26H27F4N3O8. The largest absolute Gasteiger partial charge is 0.511 e. The van der Waals surface area contributed by atoms with Crippen molar-refractivity contribution in [3.8, 4) is 5.75 Å². The van der Waals surface area contributed by atoms with Gasteiger partial charge in [-0.3, -0.25) is 19.2 Å². The number of nitrogens with one attached hydrogen (secondary N) is 2. The number of carbonyl (C=O) groups excluding carboxylic acids is 4. The Balaban J connectivity index is 1.77. The molecule has 0 aromatic heterocycles. The SMILES string of the molecule is CC(C)[C@@H]1C(O)=C(C(N)=O)C(=O)[C@@]2(O)C(O)=C3C(=O)c4c(O)c(NC(=O)CNCC(F)(F)F)cc(F)c4C[C@H]3C[C@@H]12. The summed E-state index contributed by atoms with van der Waals surface area (Å²) in [4.78, 5) is 51.0. The molecule has 3 aliphatic rings. The number of primary amides is 1. The van der Waals surface area contributed by atoms with Crippen molar-refractivity contribution in [3.05, 3.63) is 45.7 Å². The van der Waals surface area contributed by atoms with Gasteiger partial charge in [0.25, 0.3) is 5.91 Å². The molecule has 222 valence electrons. The summed E-state index contributed by atoms with van der Waals surface area (Å²) in [5.41, 5.74) is -0.680. The fourth-order valence-electron chi connectivity index (χ4n) is 6.12. The lowest BCUT2D eigenvalue weighted by Gasteiger charge is -2.49. The molecule has 0 fully saturated rings. The number of allylic oxidation sites excluding steroid dienone is 2. The first-order valence-corrected chi connectivity index (χ1v) is 12.5. The molecular weight excluding hydrogens is 558 g/mol. The molecule has 0 radical (unpaired) electrons. The summed E-state index contributed by atoms with van der Waals surface area (Å²) < 4.78 is 52.2. The Labute approximate surface area is 229 Å². The molecule has 2 amide bonds. The first kappa shape index (κ1) is 30.0. The van der Waals surface area contributed by atoms with Gasteiger partial charge in [-0.15, -0.1) is 0 Å². The molecule has 4 rings (SSSR count). The third-order valence-corrected chi connectivity index (χ3v) is 7.80. The number of phenols is 1. The van der Waals surface area contributed by atoms with E-state index >= 15 is 4.39 Å². The van der Waals surface area contributed by atoms with Gasteiger partial charge in [0.1, 0.15) is 22.9 Å². The smallest absolute Gasteiger partial charge is 0.401 e. The number of benzene rings is 1. The molecule has 1 aromatic carbocycles. The summed E-state index contributed by atoms with van der Waals surface area (Å²) in [5, 5.41) is 48.2. The Morgan fingerprint density at radius 1 is 1.20 bits per heavy atom. The molecule has 15 heteroatoms. The Morgan fingerprint density at radius 2 is 1.83 bits per heavy atom. The number of amides is 2. The number of ketones is 2. The van der Waals surface area contributed by atoms with Crippen molar-refractivity contribution < 1.29 is 57.2 Å². The Bertz CT molecular complexity index is 1430. The lowest BCUT2D eigenvalue weighted by atomic mass is 9.55. The topological polar surface area (TPSA) is 199 Å². The van der Waals surface area contributed by atoms with Crippen molar-refractivity contribution in [2.75, 3.05) is 18.4 Å². The molecule has 0 saturated heterocycles. The van der Waals surface area contributed by atoms with Gasteiger partial charge in [-0.2, -0.15) is 13.2 Å². The van der Waals surface area contributed by atoms with Gasteiger partial charge in [-0.05, 0) is 24.7 Å². The molecule has 0 spiro atoms. The van der Waals surface area contributed by atoms with Crippen LogP contribution in [0.5, 0.6) is 5.75 Å².